The van der Waals surface area contributed by atoms with E-state index in [1.807, 2.05) is 19.9 Å². The summed E-state index contributed by atoms with van der Waals surface area (Å²) >= 11 is 5.31. The number of aromatic nitrogens is 2. The van der Waals surface area contributed by atoms with Gasteiger partial charge in [0.2, 0.25) is 0 Å². The van der Waals surface area contributed by atoms with E-state index in [2.05, 4.69) is 22.7 Å². The van der Waals surface area contributed by atoms with E-state index in [1.54, 1.807) is 16.8 Å². The van der Waals surface area contributed by atoms with Crippen molar-refractivity contribution in [2.75, 3.05) is 11.9 Å². The highest BCUT2D eigenvalue weighted by Gasteiger charge is 2.14. The lowest BCUT2D eigenvalue weighted by Crippen LogP contribution is -2.29. The molecule has 124 valence electrons. The molecule has 1 aromatic heterocycles. The topological polar surface area (TPSA) is 41.9 Å². The van der Waals surface area contributed by atoms with Crippen molar-refractivity contribution in [3.05, 3.63) is 47.0 Å². The fourth-order valence-electron chi connectivity index (χ4n) is 2.36. The van der Waals surface area contributed by atoms with E-state index in [1.165, 1.54) is 6.07 Å². The quantitative estimate of drug-likeness (QED) is 0.623. The summed E-state index contributed by atoms with van der Waals surface area (Å²) < 4.78 is 15.6. The van der Waals surface area contributed by atoms with Gasteiger partial charge in [0.15, 0.2) is 5.11 Å². The summed E-state index contributed by atoms with van der Waals surface area (Å²) in [5.74, 6) is -0.216. The Labute approximate surface area is 142 Å². The Balaban J connectivity index is 2.10. The van der Waals surface area contributed by atoms with Crippen molar-refractivity contribution in [1.82, 2.24) is 15.1 Å². The van der Waals surface area contributed by atoms with Gasteiger partial charge in [0.1, 0.15) is 5.82 Å². The van der Waals surface area contributed by atoms with Gasteiger partial charge in [-0.05, 0) is 38.6 Å². The van der Waals surface area contributed by atoms with Gasteiger partial charge < -0.3 is 10.6 Å². The van der Waals surface area contributed by atoms with Crippen molar-refractivity contribution < 1.29 is 4.39 Å². The molecule has 0 saturated heterocycles. The van der Waals surface area contributed by atoms with Crippen LogP contribution in [-0.2, 0) is 6.54 Å². The standard InChI is InChI=1S/C17H23FN4S/c1-4-5-10-19-17(23)20-16-12(2)21-22(13(16)3)11-14-8-6-7-9-15(14)18/h6-9H,4-5,10-11H2,1-3H3,(H2,19,20,23). The van der Waals surface area contributed by atoms with E-state index < -0.39 is 0 Å². The maximum atomic E-state index is 13.8. The Hall–Kier alpha value is -1.95. The molecule has 0 bridgehead atoms. The van der Waals surface area contributed by atoms with Crippen molar-refractivity contribution in [1.29, 1.82) is 0 Å². The zero-order chi connectivity index (χ0) is 16.8. The Morgan fingerprint density at radius 3 is 2.74 bits per heavy atom. The molecule has 4 nitrogen and oxygen atoms in total. The molecule has 0 aliphatic carbocycles. The molecule has 0 aliphatic heterocycles. The number of benzene rings is 1. The molecular weight excluding hydrogens is 311 g/mol. The number of aryl methyl sites for hydroxylation is 1. The molecule has 2 rings (SSSR count). The van der Waals surface area contributed by atoms with E-state index in [0.717, 1.165) is 36.5 Å². The van der Waals surface area contributed by atoms with Gasteiger partial charge in [0.05, 0.1) is 23.6 Å². The van der Waals surface area contributed by atoms with Crippen molar-refractivity contribution in [2.24, 2.45) is 0 Å². The maximum Gasteiger partial charge on any atom is 0.170 e. The van der Waals surface area contributed by atoms with Crippen LogP contribution in [0.3, 0.4) is 0 Å². The van der Waals surface area contributed by atoms with E-state index in [9.17, 15) is 4.39 Å². The number of thiocarbonyl (C=S) groups is 1. The van der Waals surface area contributed by atoms with Crippen LogP contribution in [0.25, 0.3) is 0 Å². The van der Waals surface area contributed by atoms with Crippen molar-refractivity contribution >= 4 is 23.0 Å². The van der Waals surface area contributed by atoms with Crippen LogP contribution in [-0.4, -0.2) is 21.4 Å². The first kappa shape index (κ1) is 17.4. The van der Waals surface area contributed by atoms with Crippen LogP contribution in [0.5, 0.6) is 0 Å². The number of unbranched alkanes of at least 4 members (excludes halogenated alkanes) is 1. The molecule has 0 fully saturated rings. The minimum Gasteiger partial charge on any atom is -0.362 e. The summed E-state index contributed by atoms with van der Waals surface area (Å²) in [7, 11) is 0. The number of halogens is 1. The predicted molar refractivity (Wildman–Crippen MR) is 96.3 cm³/mol. The van der Waals surface area contributed by atoms with Gasteiger partial charge >= 0.3 is 0 Å². The first-order valence-corrected chi connectivity index (χ1v) is 8.26. The van der Waals surface area contributed by atoms with Crippen LogP contribution in [0.2, 0.25) is 0 Å². The van der Waals surface area contributed by atoms with E-state index in [4.69, 9.17) is 12.2 Å². The van der Waals surface area contributed by atoms with Gasteiger partial charge in [-0.1, -0.05) is 31.5 Å². The fourth-order valence-corrected chi connectivity index (χ4v) is 2.56. The third-order valence-electron chi connectivity index (χ3n) is 3.71. The number of hydrogen-bond acceptors (Lipinski definition) is 2. The average Bonchev–Trinajstić information content (AvgIpc) is 2.77. The lowest BCUT2D eigenvalue weighted by Gasteiger charge is -2.11. The van der Waals surface area contributed by atoms with Crippen LogP contribution in [0, 0.1) is 19.7 Å². The lowest BCUT2D eigenvalue weighted by atomic mass is 10.2. The second kappa shape index (κ2) is 8.06. The van der Waals surface area contributed by atoms with Crippen molar-refractivity contribution in [3.63, 3.8) is 0 Å². The van der Waals surface area contributed by atoms with Gasteiger partial charge in [-0.2, -0.15) is 5.10 Å². The molecule has 0 atom stereocenters. The van der Waals surface area contributed by atoms with Crippen LogP contribution >= 0.6 is 12.2 Å². The Kier molecular flexibility index (Phi) is 6.10. The summed E-state index contributed by atoms with van der Waals surface area (Å²) in [6.07, 6.45) is 2.20. The summed E-state index contributed by atoms with van der Waals surface area (Å²) in [6.45, 7) is 7.26. The minimum absolute atomic E-state index is 0.216. The summed E-state index contributed by atoms with van der Waals surface area (Å²) in [6, 6.07) is 6.76. The number of nitrogens with one attached hydrogen (secondary N) is 2. The first-order chi connectivity index (χ1) is 11.0. The number of hydrogen-bond donors (Lipinski definition) is 2. The van der Waals surface area contributed by atoms with Crippen LogP contribution in [0.15, 0.2) is 24.3 Å². The third kappa shape index (κ3) is 4.51. The molecule has 0 saturated carbocycles. The highest BCUT2D eigenvalue weighted by Crippen LogP contribution is 2.21. The Bertz CT molecular complexity index is 681. The molecule has 0 unspecified atom stereocenters. The van der Waals surface area contributed by atoms with Crippen LogP contribution < -0.4 is 10.6 Å². The SMILES string of the molecule is CCCCNC(=S)Nc1c(C)nn(Cc2ccccc2F)c1C. The van der Waals surface area contributed by atoms with Crippen LogP contribution in [0.4, 0.5) is 10.1 Å². The summed E-state index contributed by atoms with van der Waals surface area (Å²) in [4.78, 5) is 0. The molecule has 0 amide bonds. The fraction of sp³-hybridized carbons (Fsp3) is 0.412. The number of nitrogens with zero attached hydrogens (tertiary/aromatic N) is 2. The Morgan fingerprint density at radius 2 is 2.04 bits per heavy atom. The lowest BCUT2D eigenvalue weighted by molar-refractivity contribution is 0.579. The maximum absolute atomic E-state index is 13.8. The van der Waals surface area contributed by atoms with Gasteiger partial charge in [0.25, 0.3) is 0 Å². The zero-order valence-corrected chi connectivity index (χ0v) is 14.6. The number of anilines is 1. The highest BCUT2D eigenvalue weighted by atomic mass is 32.1. The third-order valence-corrected chi connectivity index (χ3v) is 3.96. The largest absolute Gasteiger partial charge is 0.362 e. The van der Waals surface area contributed by atoms with Crippen molar-refractivity contribution in [2.45, 2.75) is 40.2 Å². The summed E-state index contributed by atoms with van der Waals surface area (Å²) in [5.41, 5.74) is 3.28. The van der Waals surface area contributed by atoms with Gasteiger partial charge in [-0.25, -0.2) is 4.39 Å². The average molecular weight is 334 g/mol. The normalized spacial score (nSPS) is 10.6. The second-order valence-electron chi connectivity index (χ2n) is 5.53. The molecule has 2 N–H and O–H groups in total. The summed E-state index contributed by atoms with van der Waals surface area (Å²) in [5, 5.41) is 11.5. The van der Waals surface area contributed by atoms with E-state index in [-0.39, 0.29) is 5.82 Å². The zero-order valence-electron chi connectivity index (χ0n) is 13.8. The molecule has 0 aliphatic rings. The van der Waals surface area contributed by atoms with Crippen LogP contribution in [0.1, 0.15) is 36.7 Å². The van der Waals surface area contributed by atoms with Gasteiger partial charge in [-0.15, -0.1) is 0 Å². The van der Waals surface area contributed by atoms with Crippen molar-refractivity contribution in [3.8, 4) is 0 Å². The monoisotopic (exact) mass is 334 g/mol. The molecule has 0 spiro atoms. The molecule has 6 heteroatoms. The second-order valence-corrected chi connectivity index (χ2v) is 5.94. The van der Waals surface area contributed by atoms with Gasteiger partial charge in [-0.3, -0.25) is 4.68 Å². The minimum atomic E-state index is -0.216. The predicted octanol–water partition coefficient (Wildman–Crippen LogP) is 3.77. The molecular formula is C17H23FN4S. The van der Waals surface area contributed by atoms with E-state index >= 15 is 0 Å². The van der Waals surface area contributed by atoms with Gasteiger partial charge in [0, 0.05) is 12.1 Å². The molecule has 1 heterocycles. The molecule has 0 radical (unpaired) electrons. The van der Waals surface area contributed by atoms with E-state index in [0.29, 0.717) is 17.2 Å². The highest BCUT2D eigenvalue weighted by molar-refractivity contribution is 7.80. The molecule has 23 heavy (non-hydrogen) atoms. The number of rotatable bonds is 6. The first-order valence-electron chi connectivity index (χ1n) is 7.85. The Morgan fingerprint density at radius 1 is 1.30 bits per heavy atom. The molecule has 1 aromatic carbocycles. The smallest absolute Gasteiger partial charge is 0.170 e. The molecule has 2 aromatic rings.